The molecule has 1 aliphatic rings. The predicted octanol–water partition coefficient (Wildman–Crippen LogP) is 3.15. The fourth-order valence-corrected chi connectivity index (χ4v) is 3.66. The second kappa shape index (κ2) is 9.08. The number of carbonyl (C=O) groups is 2. The zero-order valence-electron chi connectivity index (χ0n) is 15.7. The highest BCUT2D eigenvalue weighted by Gasteiger charge is 2.37. The zero-order chi connectivity index (χ0) is 20.0. The summed E-state index contributed by atoms with van der Waals surface area (Å²) in [5, 5.41) is 5.82. The molecule has 1 aliphatic heterocycles. The van der Waals surface area contributed by atoms with Crippen LogP contribution in [-0.2, 0) is 19.7 Å². The third-order valence-corrected chi connectivity index (χ3v) is 5.24. The number of halogens is 1. The molecule has 1 heterocycles. The minimum Gasteiger partial charge on any atom is -0.496 e. The fourth-order valence-electron chi connectivity index (χ4n) is 3.47. The molecule has 6 nitrogen and oxygen atoms in total. The van der Waals surface area contributed by atoms with E-state index in [0.717, 1.165) is 24.2 Å². The molecule has 0 atom stereocenters. The van der Waals surface area contributed by atoms with Crippen molar-refractivity contribution < 1.29 is 19.1 Å². The first kappa shape index (κ1) is 20.2. The Labute approximate surface area is 169 Å². The number of benzene rings is 2. The molecule has 148 valence electrons. The topological polar surface area (TPSA) is 76.7 Å². The molecule has 3 rings (SSSR count). The number of para-hydroxylation sites is 1. The van der Waals surface area contributed by atoms with Crippen molar-refractivity contribution >= 4 is 29.1 Å². The van der Waals surface area contributed by atoms with E-state index in [9.17, 15) is 9.59 Å². The number of hydrogen-bond donors (Lipinski definition) is 2. The number of rotatable bonds is 5. The number of amides is 2. The Morgan fingerprint density at radius 2 is 1.86 bits per heavy atom. The third kappa shape index (κ3) is 4.64. The summed E-state index contributed by atoms with van der Waals surface area (Å²) in [5.74, 6) is -0.660. The molecule has 2 aromatic rings. The maximum atomic E-state index is 12.4. The number of carbonyl (C=O) groups excluding carboxylic acids is 2. The van der Waals surface area contributed by atoms with Crippen LogP contribution in [0.1, 0.15) is 18.4 Å². The monoisotopic (exact) mass is 402 g/mol. The summed E-state index contributed by atoms with van der Waals surface area (Å²) in [6, 6.07) is 14.4. The van der Waals surface area contributed by atoms with E-state index < -0.39 is 11.8 Å². The number of methoxy groups -OCH3 is 1. The molecule has 2 N–H and O–H groups in total. The van der Waals surface area contributed by atoms with Crippen molar-refractivity contribution in [2.45, 2.75) is 18.3 Å². The van der Waals surface area contributed by atoms with E-state index >= 15 is 0 Å². The minimum absolute atomic E-state index is 0.318. The Morgan fingerprint density at radius 1 is 1.11 bits per heavy atom. The molecule has 0 radical (unpaired) electrons. The highest BCUT2D eigenvalue weighted by Crippen LogP contribution is 2.39. The van der Waals surface area contributed by atoms with E-state index in [0.29, 0.717) is 30.5 Å². The zero-order valence-corrected chi connectivity index (χ0v) is 16.4. The lowest BCUT2D eigenvalue weighted by Crippen LogP contribution is -2.47. The van der Waals surface area contributed by atoms with Gasteiger partial charge in [-0.1, -0.05) is 35.9 Å². The Balaban J connectivity index is 1.71. The maximum absolute atomic E-state index is 12.4. The van der Waals surface area contributed by atoms with Crippen molar-refractivity contribution in [1.82, 2.24) is 5.32 Å². The molecule has 2 aromatic carbocycles. The van der Waals surface area contributed by atoms with Crippen LogP contribution in [0.15, 0.2) is 48.5 Å². The SMILES string of the molecule is COc1ccccc1C1(CNC(=O)C(=O)Nc2cccc(Cl)c2)CCOCC1. The van der Waals surface area contributed by atoms with E-state index in [-0.39, 0.29) is 5.41 Å². The van der Waals surface area contributed by atoms with Gasteiger partial charge in [-0.2, -0.15) is 0 Å². The van der Waals surface area contributed by atoms with Gasteiger partial charge in [0.2, 0.25) is 0 Å². The van der Waals surface area contributed by atoms with Gasteiger partial charge in [-0.15, -0.1) is 0 Å². The molecule has 0 spiro atoms. The highest BCUT2D eigenvalue weighted by atomic mass is 35.5. The van der Waals surface area contributed by atoms with Crippen molar-refractivity contribution in [1.29, 1.82) is 0 Å². The van der Waals surface area contributed by atoms with Crippen LogP contribution >= 0.6 is 11.6 Å². The first-order valence-electron chi connectivity index (χ1n) is 9.10. The lowest BCUT2D eigenvalue weighted by molar-refractivity contribution is -0.136. The lowest BCUT2D eigenvalue weighted by atomic mass is 9.73. The van der Waals surface area contributed by atoms with Crippen molar-refractivity contribution in [3.05, 3.63) is 59.1 Å². The normalized spacial score (nSPS) is 15.5. The van der Waals surface area contributed by atoms with E-state index in [4.69, 9.17) is 21.1 Å². The van der Waals surface area contributed by atoms with Gasteiger partial charge in [-0.3, -0.25) is 9.59 Å². The van der Waals surface area contributed by atoms with Gasteiger partial charge in [0.15, 0.2) is 0 Å². The van der Waals surface area contributed by atoms with E-state index in [1.165, 1.54) is 0 Å². The molecule has 2 amide bonds. The Bertz CT molecular complexity index is 850. The van der Waals surface area contributed by atoms with Crippen LogP contribution in [0.3, 0.4) is 0 Å². The van der Waals surface area contributed by atoms with Gasteiger partial charge in [0.05, 0.1) is 7.11 Å². The smallest absolute Gasteiger partial charge is 0.313 e. The van der Waals surface area contributed by atoms with Crippen LogP contribution in [0.2, 0.25) is 5.02 Å². The van der Waals surface area contributed by atoms with Crippen LogP contribution in [0, 0.1) is 0 Å². The second-order valence-electron chi connectivity index (χ2n) is 6.74. The first-order chi connectivity index (χ1) is 13.5. The minimum atomic E-state index is -0.732. The second-order valence-corrected chi connectivity index (χ2v) is 7.18. The third-order valence-electron chi connectivity index (χ3n) is 5.00. The number of nitrogens with one attached hydrogen (secondary N) is 2. The van der Waals surface area contributed by atoms with E-state index in [1.54, 1.807) is 31.4 Å². The van der Waals surface area contributed by atoms with Crippen LogP contribution in [-0.4, -0.2) is 38.7 Å². The summed E-state index contributed by atoms with van der Waals surface area (Å²) >= 11 is 5.91. The van der Waals surface area contributed by atoms with Crippen molar-refractivity contribution in [3.63, 3.8) is 0 Å². The molecule has 0 saturated carbocycles. The van der Waals surface area contributed by atoms with Gasteiger partial charge in [-0.05, 0) is 37.1 Å². The maximum Gasteiger partial charge on any atom is 0.313 e. The van der Waals surface area contributed by atoms with Crippen molar-refractivity contribution in [2.24, 2.45) is 0 Å². The number of anilines is 1. The largest absolute Gasteiger partial charge is 0.496 e. The summed E-state index contributed by atoms with van der Waals surface area (Å²) < 4.78 is 11.0. The standard InChI is InChI=1S/C21H23ClN2O4/c1-27-18-8-3-2-7-17(18)21(9-11-28-12-10-21)14-23-19(25)20(26)24-16-6-4-5-15(22)13-16/h2-8,13H,9-12,14H2,1H3,(H,23,25)(H,24,26). The van der Waals surface area contributed by atoms with Crippen LogP contribution < -0.4 is 15.4 Å². The molecular weight excluding hydrogens is 380 g/mol. The van der Waals surface area contributed by atoms with Gasteiger partial charge in [0.25, 0.3) is 0 Å². The lowest BCUT2D eigenvalue weighted by Gasteiger charge is -2.38. The average molecular weight is 403 g/mol. The highest BCUT2D eigenvalue weighted by molar-refractivity contribution is 6.39. The van der Waals surface area contributed by atoms with Gasteiger partial charge < -0.3 is 20.1 Å². The molecule has 7 heteroatoms. The summed E-state index contributed by atoms with van der Waals surface area (Å²) in [4.78, 5) is 24.6. The molecule has 1 saturated heterocycles. The predicted molar refractivity (Wildman–Crippen MR) is 108 cm³/mol. The van der Waals surface area contributed by atoms with Gasteiger partial charge in [0, 0.05) is 41.4 Å². The summed E-state index contributed by atoms with van der Waals surface area (Å²) in [6.07, 6.45) is 1.45. The summed E-state index contributed by atoms with van der Waals surface area (Å²) in [7, 11) is 1.63. The Kier molecular flexibility index (Phi) is 6.54. The average Bonchev–Trinajstić information content (AvgIpc) is 2.72. The van der Waals surface area contributed by atoms with Crippen molar-refractivity contribution in [3.8, 4) is 5.75 Å². The molecule has 0 aromatic heterocycles. The van der Waals surface area contributed by atoms with Crippen LogP contribution in [0.4, 0.5) is 5.69 Å². The molecule has 28 heavy (non-hydrogen) atoms. The van der Waals surface area contributed by atoms with Gasteiger partial charge in [0.1, 0.15) is 5.75 Å². The molecule has 1 fully saturated rings. The van der Waals surface area contributed by atoms with Crippen molar-refractivity contribution in [2.75, 3.05) is 32.2 Å². The van der Waals surface area contributed by atoms with Gasteiger partial charge in [-0.25, -0.2) is 0 Å². The van der Waals surface area contributed by atoms with Crippen LogP contribution in [0.25, 0.3) is 0 Å². The molecule has 0 unspecified atom stereocenters. The molecular formula is C21H23ClN2O4. The quantitative estimate of drug-likeness (QED) is 0.753. The summed E-state index contributed by atoms with van der Waals surface area (Å²) in [6.45, 7) is 1.49. The number of ether oxygens (including phenoxy) is 2. The van der Waals surface area contributed by atoms with E-state index in [1.807, 2.05) is 24.3 Å². The molecule has 0 aliphatic carbocycles. The van der Waals surface area contributed by atoms with Gasteiger partial charge >= 0.3 is 11.8 Å². The Hall–Kier alpha value is -2.57. The fraction of sp³-hybridized carbons (Fsp3) is 0.333. The summed E-state index contributed by atoms with van der Waals surface area (Å²) in [5.41, 5.74) is 1.13. The van der Waals surface area contributed by atoms with E-state index in [2.05, 4.69) is 10.6 Å². The van der Waals surface area contributed by atoms with Crippen LogP contribution in [0.5, 0.6) is 5.75 Å². The first-order valence-corrected chi connectivity index (χ1v) is 9.48. The number of hydrogen-bond acceptors (Lipinski definition) is 4. The Morgan fingerprint density at radius 3 is 2.57 bits per heavy atom. The molecule has 0 bridgehead atoms.